The predicted molar refractivity (Wildman–Crippen MR) is 93.3 cm³/mol. The van der Waals surface area contributed by atoms with Gasteiger partial charge in [0, 0.05) is 0 Å². The Morgan fingerprint density at radius 2 is 1.85 bits per heavy atom. The number of anilines is 1. The van der Waals surface area contributed by atoms with Crippen LogP contribution in [-0.4, -0.2) is 54.1 Å². The van der Waals surface area contributed by atoms with Crippen molar-refractivity contribution in [1.82, 2.24) is 24.7 Å². The van der Waals surface area contributed by atoms with Gasteiger partial charge in [-0.05, 0) is 20.8 Å². The van der Waals surface area contributed by atoms with Gasteiger partial charge in [0.15, 0.2) is 4.88 Å². The van der Waals surface area contributed by atoms with Crippen LogP contribution in [0.25, 0.3) is 0 Å². The normalized spacial score (nSPS) is 11.0. The van der Waals surface area contributed by atoms with Gasteiger partial charge in [0.2, 0.25) is 11.0 Å². The number of carbonyl (C=O) groups is 2. The molecule has 0 aromatic carbocycles. The van der Waals surface area contributed by atoms with Gasteiger partial charge >= 0.3 is 18.0 Å². The standard InChI is InChI=1S/C13H16N6O6S2/c1-5-25-10(20)8-9(16-7(3)26-8)27(22,23)19-12(21)17-11-14-6(2)15-13(18-11)24-4/h5H2,1-4H3,(H2,14,15,17,18,19,21). The lowest BCUT2D eigenvalue weighted by Gasteiger charge is -2.08. The number of nitrogens with one attached hydrogen (secondary N) is 2. The fourth-order valence-electron chi connectivity index (χ4n) is 1.82. The highest BCUT2D eigenvalue weighted by atomic mass is 32.2. The van der Waals surface area contributed by atoms with Crippen molar-refractivity contribution >= 4 is 39.3 Å². The molecule has 0 saturated carbocycles. The van der Waals surface area contributed by atoms with Gasteiger partial charge in [-0.25, -0.2) is 19.3 Å². The fourth-order valence-corrected chi connectivity index (χ4v) is 4.01. The Labute approximate surface area is 158 Å². The maximum atomic E-state index is 12.5. The topological polar surface area (TPSA) is 162 Å². The number of carbonyl (C=O) groups excluding carboxylic acids is 2. The first-order valence-electron chi connectivity index (χ1n) is 7.41. The minimum Gasteiger partial charge on any atom is -0.467 e. The summed E-state index contributed by atoms with van der Waals surface area (Å²) in [4.78, 5) is 39.0. The van der Waals surface area contributed by atoms with E-state index in [-0.39, 0.29) is 29.3 Å². The molecule has 2 aromatic heterocycles. The SMILES string of the molecule is CCOC(=O)c1sc(C)nc1S(=O)(=O)NC(=O)Nc1nc(C)nc(OC)n1. The largest absolute Gasteiger partial charge is 0.467 e. The highest BCUT2D eigenvalue weighted by Crippen LogP contribution is 2.23. The predicted octanol–water partition coefficient (Wildman–Crippen LogP) is 0.641. The van der Waals surface area contributed by atoms with Crippen LogP contribution in [0.5, 0.6) is 6.01 Å². The van der Waals surface area contributed by atoms with E-state index < -0.39 is 27.0 Å². The molecule has 2 aromatic rings. The number of ether oxygens (including phenoxy) is 2. The van der Waals surface area contributed by atoms with E-state index in [1.165, 1.54) is 21.0 Å². The lowest BCUT2D eigenvalue weighted by atomic mass is 10.5. The van der Waals surface area contributed by atoms with Gasteiger partial charge in [-0.2, -0.15) is 23.4 Å². The fraction of sp³-hybridized carbons (Fsp3) is 0.385. The summed E-state index contributed by atoms with van der Waals surface area (Å²) in [6, 6.07) is -1.21. The van der Waals surface area contributed by atoms with E-state index in [1.807, 2.05) is 0 Å². The molecule has 2 N–H and O–H groups in total. The first-order valence-corrected chi connectivity index (χ1v) is 9.71. The van der Waals surface area contributed by atoms with Crippen molar-refractivity contribution in [3.05, 3.63) is 15.7 Å². The van der Waals surface area contributed by atoms with E-state index >= 15 is 0 Å². The zero-order valence-corrected chi connectivity index (χ0v) is 16.4. The molecule has 2 amide bonds. The van der Waals surface area contributed by atoms with Crippen LogP contribution < -0.4 is 14.8 Å². The van der Waals surface area contributed by atoms with Crippen molar-refractivity contribution < 1.29 is 27.5 Å². The van der Waals surface area contributed by atoms with Crippen LogP contribution in [0.2, 0.25) is 0 Å². The van der Waals surface area contributed by atoms with Crippen molar-refractivity contribution in [3.63, 3.8) is 0 Å². The van der Waals surface area contributed by atoms with Gasteiger partial charge in [0.25, 0.3) is 10.0 Å². The van der Waals surface area contributed by atoms with E-state index in [1.54, 1.807) is 11.6 Å². The van der Waals surface area contributed by atoms with E-state index in [0.717, 1.165) is 11.3 Å². The number of methoxy groups -OCH3 is 1. The third kappa shape index (κ3) is 5.07. The lowest BCUT2D eigenvalue weighted by Crippen LogP contribution is -2.35. The van der Waals surface area contributed by atoms with E-state index in [4.69, 9.17) is 9.47 Å². The molecule has 0 aliphatic heterocycles. The van der Waals surface area contributed by atoms with Gasteiger partial charge in [-0.3, -0.25) is 5.32 Å². The molecule has 0 radical (unpaired) electrons. The van der Waals surface area contributed by atoms with E-state index in [2.05, 4.69) is 25.3 Å². The molecule has 0 aliphatic carbocycles. The Morgan fingerprint density at radius 1 is 1.15 bits per heavy atom. The highest BCUT2D eigenvalue weighted by molar-refractivity contribution is 7.90. The highest BCUT2D eigenvalue weighted by Gasteiger charge is 2.30. The number of esters is 1. The number of aryl methyl sites for hydroxylation is 2. The minimum atomic E-state index is -4.44. The first-order chi connectivity index (χ1) is 12.7. The third-order valence-electron chi connectivity index (χ3n) is 2.78. The summed E-state index contributed by atoms with van der Waals surface area (Å²) in [6.07, 6.45) is 0. The van der Waals surface area contributed by atoms with Crippen LogP contribution in [0.4, 0.5) is 10.7 Å². The molecule has 0 aliphatic rings. The number of nitrogens with zero attached hydrogens (tertiary/aromatic N) is 4. The second-order valence-corrected chi connectivity index (χ2v) is 7.64. The molecule has 27 heavy (non-hydrogen) atoms. The summed E-state index contributed by atoms with van der Waals surface area (Å²) in [6.45, 7) is 4.69. The second-order valence-electron chi connectivity index (χ2n) is 4.84. The quantitative estimate of drug-likeness (QED) is 0.639. The average Bonchev–Trinajstić information content (AvgIpc) is 2.97. The van der Waals surface area contributed by atoms with Crippen molar-refractivity contribution in [3.8, 4) is 6.01 Å². The Bertz CT molecular complexity index is 974. The van der Waals surface area contributed by atoms with Crippen LogP contribution in [0.3, 0.4) is 0 Å². The summed E-state index contributed by atoms with van der Waals surface area (Å²) >= 11 is 0.841. The van der Waals surface area contributed by atoms with Crippen LogP contribution in [0.15, 0.2) is 5.03 Å². The lowest BCUT2D eigenvalue weighted by molar-refractivity contribution is 0.0527. The summed E-state index contributed by atoms with van der Waals surface area (Å²) in [5, 5.41) is 1.87. The zero-order chi connectivity index (χ0) is 20.2. The first kappa shape index (κ1) is 20.4. The molecule has 2 heterocycles. The molecule has 0 unspecified atom stereocenters. The summed E-state index contributed by atoms with van der Waals surface area (Å²) in [7, 11) is -3.12. The number of amides is 2. The number of aromatic nitrogens is 4. The monoisotopic (exact) mass is 416 g/mol. The molecular weight excluding hydrogens is 400 g/mol. The molecule has 0 saturated heterocycles. The summed E-state index contributed by atoms with van der Waals surface area (Å²) < 4.78 is 36.3. The molecule has 146 valence electrons. The smallest absolute Gasteiger partial charge is 0.351 e. The number of urea groups is 1. The number of rotatable bonds is 6. The van der Waals surface area contributed by atoms with Gasteiger partial charge in [-0.15, -0.1) is 11.3 Å². The van der Waals surface area contributed by atoms with Crippen LogP contribution in [0, 0.1) is 13.8 Å². The molecule has 0 spiro atoms. The number of hydrogen-bond donors (Lipinski definition) is 2. The molecule has 12 nitrogen and oxygen atoms in total. The zero-order valence-electron chi connectivity index (χ0n) is 14.8. The van der Waals surface area contributed by atoms with Gasteiger partial charge in [0.05, 0.1) is 18.7 Å². The maximum absolute atomic E-state index is 12.5. The molecule has 2 rings (SSSR count). The Kier molecular flexibility index (Phi) is 6.22. The maximum Gasteiger partial charge on any atom is 0.351 e. The Hall–Kier alpha value is -2.87. The van der Waals surface area contributed by atoms with Crippen LogP contribution in [0.1, 0.15) is 27.4 Å². The molecule has 0 bridgehead atoms. The molecule has 14 heteroatoms. The third-order valence-corrected chi connectivity index (χ3v) is 5.12. The molecule has 0 atom stereocenters. The van der Waals surface area contributed by atoms with E-state index in [9.17, 15) is 18.0 Å². The second kappa shape index (κ2) is 8.22. The van der Waals surface area contributed by atoms with Crippen LogP contribution >= 0.6 is 11.3 Å². The van der Waals surface area contributed by atoms with Crippen molar-refractivity contribution in [2.75, 3.05) is 19.0 Å². The summed E-state index contributed by atoms with van der Waals surface area (Å²) in [5.41, 5.74) is 0. The van der Waals surface area contributed by atoms with Crippen molar-refractivity contribution in [1.29, 1.82) is 0 Å². The number of sulfonamides is 1. The summed E-state index contributed by atoms with van der Waals surface area (Å²) in [5.74, 6) is -0.812. The molecular formula is C13H16N6O6S2. The van der Waals surface area contributed by atoms with E-state index in [0.29, 0.717) is 5.01 Å². The molecule has 0 fully saturated rings. The minimum absolute atomic E-state index is 0.0552. The van der Waals surface area contributed by atoms with Gasteiger partial charge in [-0.1, -0.05) is 0 Å². The number of hydrogen-bond acceptors (Lipinski definition) is 11. The Balaban J connectivity index is 2.23. The van der Waals surface area contributed by atoms with Crippen molar-refractivity contribution in [2.45, 2.75) is 25.8 Å². The van der Waals surface area contributed by atoms with Gasteiger partial charge in [0.1, 0.15) is 5.82 Å². The average molecular weight is 416 g/mol. The van der Waals surface area contributed by atoms with Crippen molar-refractivity contribution in [2.24, 2.45) is 0 Å². The van der Waals surface area contributed by atoms with Crippen LogP contribution in [-0.2, 0) is 14.8 Å². The Morgan fingerprint density at radius 3 is 2.48 bits per heavy atom. The number of thiazole rings is 1. The van der Waals surface area contributed by atoms with Gasteiger partial charge < -0.3 is 9.47 Å².